The second-order valence-electron chi connectivity index (χ2n) is 3.03. The molecule has 0 aliphatic heterocycles. The van der Waals surface area contributed by atoms with Crippen LogP contribution in [0.1, 0.15) is 20.8 Å². The van der Waals surface area contributed by atoms with E-state index in [9.17, 15) is 9.59 Å². The zero-order valence-electron chi connectivity index (χ0n) is 6.26. The largest absolute Gasteiger partial charge is 0.477 e. The molecule has 0 saturated heterocycles. The molecule has 0 saturated carbocycles. The van der Waals surface area contributed by atoms with Gasteiger partial charge in [-0.05, 0) is 0 Å². The highest BCUT2D eigenvalue weighted by molar-refractivity contribution is 5.96. The predicted octanol–water partition coefficient (Wildman–Crippen LogP) is 0.875. The van der Waals surface area contributed by atoms with E-state index in [1.165, 1.54) is 5.94 Å². The summed E-state index contributed by atoms with van der Waals surface area (Å²) < 4.78 is 0. The Morgan fingerprint density at radius 1 is 1.40 bits per heavy atom. The van der Waals surface area contributed by atoms with Crippen molar-refractivity contribution in [3.63, 3.8) is 0 Å². The molecule has 10 heavy (non-hydrogen) atoms. The Morgan fingerprint density at radius 3 is 1.80 bits per heavy atom. The van der Waals surface area contributed by atoms with Crippen LogP contribution in [0, 0.1) is 5.41 Å². The number of carbonyl (C=O) groups is 1. The summed E-state index contributed by atoms with van der Waals surface area (Å²) in [7, 11) is 0. The van der Waals surface area contributed by atoms with Crippen molar-refractivity contribution in [3.8, 4) is 0 Å². The summed E-state index contributed by atoms with van der Waals surface area (Å²) in [5.74, 6) is 0.216. The fourth-order valence-corrected chi connectivity index (χ4v) is 0.518. The summed E-state index contributed by atoms with van der Waals surface area (Å²) in [5, 5.41) is 8.41. The van der Waals surface area contributed by atoms with E-state index in [0.29, 0.717) is 0 Å². The lowest BCUT2D eigenvalue weighted by molar-refractivity contribution is -0.133. The first-order chi connectivity index (χ1) is 4.39. The molecule has 0 aliphatic carbocycles. The molecule has 0 aromatic heterocycles. The van der Waals surface area contributed by atoms with Crippen LogP contribution in [0.15, 0.2) is 5.57 Å². The van der Waals surface area contributed by atoms with Gasteiger partial charge in [-0.15, -0.1) is 0 Å². The Balaban J connectivity index is 4.74. The van der Waals surface area contributed by atoms with Crippen molar-refractivity contribution in [2.75, 3.05) is 0 Å². The van der Waals surface area contributed by atoms with Crippen LogP contribution in [-0.2, 0) is 9.59 Å². The smallest absolute Gasteiger partial charge is 0.343 e. The topological polar surface area (TPSA) is 54.4 Å². The summed E-state index contributed by atoms with van der Waals surface area (Å²) in [5.41, 5.74) is -0.833. The second-order valence-corrected chi connectivity index (χ2v) is 3.03. The maximum Gasteiger partial charge on any atom is 0.343 e. The van der Waals surface area contributed by atoms with Crippen LogP contribution in [-0.4, -0.2) is 17.0 Å². The van der Waals surface area contributed by atoms with Gasteiger partial charge in [-0.2, -0.15) is 0 Å². The summed E-state index contributed by atoms with van der Waals surface area (Å²) >= 11 is 0. The Hall–Kier alpha value is -1.08. The molecule has 1 N–H and O–H groups in total. The third-order valence-electron chi connectivity index (χ3n) is 1.07. The number of carboxylic acids is 1. The molecule has 0 unspecified atom stereocenters. The normalized spacial score (nSPS) is 10.3. The molecule has 0 amide bonds. The van der Waals surface area contributed by atoms with Crippen molar-refractivity contribution in [1.82, 2.24) is 0 Å². The van der Waals surface area contributed by atoms with Crippen molar-refractivity contribution in [1.29, 1.82) is 0 Å². The van der Waals surface area contributed by atoms with Crippen molar-refractivity contribution in [2.45, 2.75) is 20.8 Å². The molecular weight excluding hydrogens is 132 g/mol. The lowest BCUT2D eigenvalue weighted by atomic mass is 9.88. The van der Waals surface area contributed by atoms with E-state index in [1.54, 1.807) is 20.8 Å². The van der Waals surface area contributed by atoms with Crippen LogP contribution in [0.5, 0.6) is 0 Å². The van der Waals surface area contributed by atoms with E-state index in [0.717, 1.165) is 0 Å². The third-order valence-corrected chi connectivity index (χ3v) is 1.07. The Kier molecular flexibility index (Phi) is 2.38. The Morgan fingerprint density at radius 2 is 1.80 bits per heavy atom. The van der Waals surface area contributed by atoms with E-state index >= 15 is 0 Å². The molecule has 56 valence electrons. The summed E-state index contributed by atoms with van der Waals surface area (Å²) in [6, 6.07) is 0. The van der Waals surface area contributed by atoms with E-state index in [4.69, 9.17) is 5.11 Å². The molecule has 0 aromatic rings. The number of hydrogen-bond acceptors (Lipinski definition) is 2. The molecule has 0 fully saturated rings. The van der Waals surface area contributed by atoms with Crippen molar-refractivity contribution in [3.05, 3.63) is 5.57 Å². The molecule has 3 heteroatoms. The molecular formula is C7H10O3. The number of rotatable bonds is 1. The SMILES string of the molecule is CC(C)(C)C(=C=O)C(=O)O. The monoisotopic (exact) mass is 142 g/mol. The fraction of sp³-hybridized carbons (Fsp3) is 0.571. The minimum atomic E-state index is -1.19. The first-order valence-electron chi connectivity index (χ1n) is 2.88. The molecule has 0 spiro atoms. The van der Waals surface area contributed by atoms with E-state index in [-0.39, 0.29) is 5.57 Å². The molecule has 0 radical (unpaired) electrons. The van der Waals surface area contributed by atoms with Gasteiger partial charge in [0.25, 0.3) is 0 Å². The van der Waals surface area contributed by atoms with Crippen LogP contribution in [0.25, 0.3) is 0 Å². The van der Waals surface area contributed by atoms with Crippen molar-refractivity contribution >= 4 is 11.9 Å². The predicted molar refractivity (Wildman–Crippen MR) is 36.3 cm³/mol. The standard InChI is InChI=1S/C7H10O3/c1-7(2,3)5(4-8)6(9)10/h1-3H3,(H,9,10). The van der Waals surface area contributed by atoms with Gasteiger partial charge < -0.3 is 5.11 Å². The highest BCUT2D eigenvalue weighted by Crippen LogP contribution is 2.22. The highest BCUT2D eigenvalue weighted by atomic mass is 16.4. The van der Waals surface area contributed by atoms with E-state index in [2.05, 4.69) is 0 Å². The van der Waals surface area contributed by atoms with E-state index < -0.39 is 11.4 Å². The minimum absolute atomic E-state index is 0.215. The van der Waals surface area contributed by atoms with Gasteiger partial charge in [-0.25, -0.2) is 9.59 Å². The molecule has 0 rings (SSSR count). The van der Waals surface area contributed by atoms with Crippen LogP contribution < -0.4 is 0 Å². The lowest BCUT2D eigenvalue weighted by Crippen LogP contribution is -2.17. The molecule has 0 aliphatic rings. The molecule has 0 atom stereocenters. The minimum Gasteiger partial charge on any atom is -0.477 e. The van der Waals surface area contributed by atoms with Gasteiger partial charge in [0.15, 0.2) is 0 Å². The average Bonchev–Trinajstić information content (AvgIpc) is 1.60. The van der Waals surface area contributed by atoms with Crippen LogP contribution in [0.3, 0.4) is 0 Å². The summed E-state index contributed by atoms with van der Waals surface area (Å²) in [6.07, 6.45) is 0. The van der Waals surface area contributed by atoms with Gasteiger partial charge in [-0.1, -0.05) is 20.8 Å². The molecule has 3 nitrogen and oxygen atoms in total. The second kappa shape index (κ2) is 2.67. The maximum absolute atomic E-state index is 10.3. The van der Waals surface area contributed by atoms with Gasteiger partial charge in [0.1, 0.15) is 11.5 Å². The van der Waals surface area contributed by atoms with E-state index in [1.807, 2.05) is 0 Å². The summed E-state index contributed by atoms with van der Waals surface area (Å²) in [6.45, 7) is 4.96. The molecule has 0 aromatic carbocycles. The number of hydrogen-bond donors (Lipinski definition) is 1. The Labute approximate surface area is 59.4 Å². The zero-order chi connectivity index (χ0) is 8.36. The summed E-state index contributed by atoms with van der Waals surface area (Å²) in [4.78, 5) is 20.3. The van der Waals surface area contributed by atoms with Gasteiger partial charge in [0, 0.05) is 5.41 Å². The van der Waals surface area contributed by atoms with Gasteiger partial charge in [0.05, 0.1) is 0 Å². The Bertz CT molecular complexity index is 191. The van der Waals surface area contributed by atoms with Crippen LogP contribution in [0.4, 0.5) is 0 Å². The zero-order valence-corrected chi connectivity index (χ0v) is 6.26. The average molecular weight is 142 g/mol. The van der Waals surface area contributed by atoms with Crippen LogP contribution in [0.2, 0.25) is 0 Å². The molecule has 0 heterocycles. The van der Waals surface area contributed by atoms with Gasteiger partial charge in [-0.3, -0.25) is 0 Å². The highest BCUT2D eigenvalue weighted by Gasteiger charge is 2.24. The maximum atomic E-state index is 10.3. The number of carboxylic acid groups (broad SMARTS) is 1. The first kappa shape index (κ1) is 8.92. The van der Waals surface area contributed by atoms with Crippen LogP contribution >= 0.6 is 0 Å². The van der Waals surface area contributed by atoms with Gasteiger partial charge >= 0.3 is 5.97 Å². The van der Waals surface area contributed by atoms with Crippen molar-refractivity contribution < 1.29 is 14.7 Å². The van der Waals surface area contributed by atoms with Crippen molar-refractivity contribution in [2.24, 2.45) is 5.41 Å². The lowest BCUT2D eigenvalue weighted by Gasteiger charge is -2.14. The number of aliphatic carboxylic acids is 1. The quantitative estimate of drug-likeness (QED) is 0.436. The first-order valence-corrected chi connectivity index (χ1v) is 2.88. The van der Waals surface area contributed by atoms with Gasteiger partial charge in [0.2, 0.25) is 0 Å². The fourth-order valence-electron chi connectivity index (χ4n) is 0.518. The molecule has 0 bridgehead atoms. The third kappa shape index (κ3) is 2.03. The number of carbonyl (C=O) groups excluding carboxylic acids is 1.